The topological polar surface area (TPSA) is 64.0 Å². The zero-order chi connectivity index (χ0) is 12.3. The summed E-state index contributed by atoms with van der Waals surface area (Å²) in [5, 5.41) is 3.90. The lowest BCUT2D eigenvalue weighted by atomic mass is 10.2. The van der Waals surface area contributed by atoms with Crippen LogP contribution in [-0.4, -0.2) is 18.2 Å². The van der Waals surface area contributed by atoms with Crippen LogP contribution in [0.4, 0.5) is 5.69 Å². The summed E-state index contributed by atoms with van der Waals surface area (Å²) >= 11 is 0. The molecule has 2 rings (SSSR count). The molecule has 0 spiro atoms. The van der Waals surface area contributed by atoms with Gasteiger partial charge in [0.2, 0.25) is 10.0 Å². The molecule has 0 radical (unpaired) electrons. The predicted molar refractivity (Wildman–Crippen MR) is 65.9 cm³/mol. The molecule has 0 aliphatic heterocycles. The number of rotatable bonds is 4. The van der Waals surface area contributed by atoms with Crippen LogP contribution in [0.15, 0.2) is 42.7 Å². The Labute approximate surface area is 100 Å². The maximum Gasteiger partial charge on any atom is 0.237 e. The Morgan fingerprint density at radius 2 is 2.00 bits per heavy atom. The summed E-state index contributed by atoms with van der Waals surface area (Å²) in [6.45, 7) is 0. The van der Waals surface area contributed by atoms with Crippen LogP contribution < -0.4 is 4.72 Å². The van der Waals surface area contributed by atoms with Crippen molar-refractivity contribution >= 4 is 15.7 Å². The van der Waals surface area contributed by atoms with Crippen molar-refractivity contribution in [1.82, 2.24) is 9.78 Å². The number of anilines is 1. The van der Waals surface area contributed by atoms with Crippen LogP contribution in [0.5, 0.6) is 0 Å². The van der Waals surface area contributed by atoms with Gasteiger partial charge in [0.1, 0.15) is 0 Å². The molecule has 0 saturated carbocycles. The van der Waals surface area contributed by atoms with Crippen LogP contribution in [-0.2, 0) is 22.8 Å². The van der Waals surface area contributed by atoms with Crippen LogP contribution in [0.3, 0.4) is 0 Å². The molecular weight excluding hydrogens is 238 g/mol. The third-order valence-corrected chi connectivity index (χ3v) is 3.44. The van der Waals surface area contributed by atoms with Gasteiger partial charge in [0.05, 0.1) is 17.6 Å². The molecule has 0 bridgehead atoms. The van der Waals surface area contributed by atoms with Crippen molar-refractivity contribution in [3.8, 4) is 0 Å². The van der Waals surface area contributed by atoms with E-state index in [0.717, 1.165) is 5.56 Å². The summed E-state index contributed by atoms with van der Waals surface area (Å²) in [5.41, 5.74) is 1.23. The van der Waals surface area contributed by atoms with Crippen molar-refractivity contribution in [2.45, 2.75) is 5.75 Å². The van der Waals surface area contributed by atoms with Crippen molar-refractivity contribution < 1.29 is 8.42 Å². The number of aryl methyl sites for hydroxylation is 1. The van der Waals surface area contributed by atoms with E-state index < -0.39 is 10.0 Å². The quantitative estimate of drug-likeness (QED) is 0.892. The number of hydrogen-bond donors (Lipinski definition) is 1. The fraction of sp³-hybridized carbons (Fsp3) is 0.182. The molecule has 1 aromatic heterocycles. The molecule has 0 aliphatic carbocycles. The lowest BCUT2D eigenvalue weighted by Crippen LogP contribution is -2.14. The summed E-state index contributed by atoms with van der Waals surface area (Å²) in [7, 11) is -1.65. The van der Waals surface area contributed by atoms with E-state index in [2.05, 4.69) is 9.82 Å². The van der Waals surface area contributed by atoms with E-state index in [9.17, 15) is 8.42 Å². The molecule has 6 heteroatoms. The standard InChI is InChI=1S/C11H13N3O2S/c1-14-8-11(7-12-14)13-17(15,16)9-10-5-3-2-4-6-10/h2-8,13H,9H2,1H3. The van der Waals surface area contributed by atoms with Gasteiger partial charge in [0.25, 0.3) is 0 Å². The third-order valence-electron chi connectivity index (χ3n) is 2.18. The second kappa shape index (κ2) is 4.58. The summed E-state index contributed by atoms with van der Waals surface area (Å²) in [6, 6.07) is 9.04. The zero-order valence-electron chi connectivity index (χ0n) is 9.37. The number of sulfonamides is 1. The van der Waals surface area contributed by atoms with E-state index in [1.165, 1.54) is 6.20 Å². The average Bonchev–Trinajstić information content (AvgIpc) is 2.63. The van der Waals surface area contributed by atoms with Gasteiger partial charge in [-0.1, -0.05) is 30.3 Å². The Morgan fingerprint density at radius 1 is 1.29 bits per heavy atom. The van der Waals surface area contributed by atoms with Gasteiger partial charge in [-0.05, 0) is 5.56 Å². The molecule has 0 saturated heterocycles. The fourth-order valence-corrected chi connectivity index (χ4v) is 2.65. The van der Waals surface area contributed by atoms with Gasteiger partial charge in [-0.2, -0.15) is 5.10 Å². The van der Waals surface area contributed by atoms with Crippen molar-refractivity contribution in [2.75, 3.05) is 4.72 Å². The van der Waals surface area contributed by atoms with Crippen LogP contribution in [0.1, 0.15) is 5.56 Å². The zero-order valence-corrected chi connectivity index (χ0v) is 10.2. The van der Waals surface area contributed by atoms with Crippen LogP contribution in [0.25, 0.3) is 0 Å². The Hall–Kier alpha value is -1.82. The van der Waals surface area contributed by atoms with E-state index in [4.69, 9.17) is 0 Å². The molecule has 2 aromatic rings. The molecule has 1 aromatic carbocycles. The van der Waals surface area contributed by atoms with E-state index in [0.29, 0.717) is 5.69 Å². The minimum absolute atomic E-state index is 0.0390. The average molecular weight is 251 g/mol. The predicted octanol–water partition coefficient (Wildman–Crippen LogP) is 1.36. The molecule has 90 valence electrons. The fourth-order valence-electron chi connectivity index (χ4n) is 1.48. The molecule has 0 amide bonds. The number of aromatic nitrogens is 2. The third kappa shape index (κ3) is 3.32. The Kier molecular flexibility index (Phi) is 3.14. The smallest absolute Gasteiger partial charge is 0.237 e. The first kappa shape index (κ1) is 11.7. The van der Waals surface area contributed by atoms with E-state index in [1.54, 1.807) is 30.1 Å². The maximum atomic E-state index is 11.8. The van der Waals surface area contributed by atoms with Gasteiger partial charge in [-0.3, -0.25) is 9.40 Å². The SMILES string of the molecule is Cn1cc(NS(=O)(=O)Cc2ccccc2)cn1. The highest BCUT2D eigenvalue weighted by Crippen LogP contribution is 2.11. The van der Waals surface area contributed by atoms with Crippen LogP contribution >= 0.6 is 0 Å². The molecule has 0 fully saturated rings. The first-order valence-corrected chi connectivity index (χ1v) is 6.73. The first-order valence-electron chi connectivity index (χ1n) is 5.08. The second-order valence-corrected chi connectivity index (χ2v) is 5.47. The van der Waals surface area contributed by atoms with Crippen molar-refractivity contribution in [3.63, 3.8) is 0 Å². The highest BCUT2D eigenvalue weighted by Gasteiger charge is 2.12. The normalized spacial score (nSPS) is 11.4. The van der Waals surface area contributed by atoms with Gasteiger partial charge in [-0.15, -0.1) is 0 Å². The number of nitrogens with zero attached hydrogens (tertiary/aromatic N) is 2. The van der Waals surface area contributed by atoms with E-state index in [-0.39, 0.29) is 5.75 Å². The van der Waals surface area contributed by atoms with Crippen molar-refractivity contribution in [3.05, 3.63) is 48.3 Å². The van der Waals surface area contributed by atoms with Gasteiger partial charge in [-0.25, -0.2) is 8.42 Å². The lowest BCUT2D eigenvalue weighted by molar-refractivity contribution is 0.600. The summed E-state index contributed by atoms with van der Waals surface area (Å²) in [6.07, 6.45) is 3.09. The van der Waals surface area contributed by atoms with Gasteiger partial charge < -0.3 is 0 Å². The number of nitrogens with one attached hydrogen (secondary N) is 1. The van der Waals surface area contributed by atoms with Gasteiger partial charge >= 0.3 is 0 Å². The summed E-state index contributed by atoms with van der Waals surface area (Å²) in [5.74, 6) is -0.0390. The maximum absolute atomic E-state index is 11.8. The van der Waals surface area contributed by atoms with E-state index >= 15 is 0 Å². The molecule has 0 atom stereocenters. The van der Waals surface area contributed by atoms with Crippen molar-refractivity contribution in [2.24, 2.45) is 7.05 Å². The van der Waals surface area contributed by atoms with Crippen LogP contribution in [0, 0.1) is 0 Å². The molecule has 1 N–H and O–H groups in total. The monoisotopic (exact) mass is 251 g/mol. The minimum Gasteiger partial charge on any atom is -0.280 e. The van der Waals surface area contributed by atoms with Crippen molar-refractivity contribution in [1.29, 1.82) is 0 Å². The highest BCUT2D eigenvalue weighted by atomic mass is 32.2. The van der Waals surface area contributed by atoms with Gasteiger partial charge in [0, 0.05) is 13.2 Å². The summed E-state index contributed by atoms with van der Waals surface area (Å²) < 4.78 is 27.7. The molecule has 0 aliphatic rings. The lowest BCUT2D eigenvalue weighted by Gasteiger charge is -2.05. The van der Waals surface area contributed by atoms with E-state index in [1.807, 2.05) is 18.2 Å². The molecular formula is C11H13N3O2S. The van der Waals surface area contributed by atoms with Gasteiger partial charge in [0.15, 0.2) is 0 Å². The molecule has 1 heterocycles. The largest absolute Gasteiger partial charge is 0.280 e. The van der Waals surface area contributed by atoms with Crippen LogP contribution in [0.2, 0.25) is 0 Å². The Bertz CT molecular complexity index is 590. The first-order chi connectivity index (χ1) is 8.05. The Morgan fingerprint density at radius 3 is 2.59 bits per heavy atom. The Balaban J connectivity index is 2.10. The molecule has 17 heavy (non-hydrogen) atoms. The molecule has 0 unspecified atom stereocenters. The number of benzene rings is 1. The minimum atomic E-state index is -3.38. The highest BCUT2D eigenvalue weighted by molar-refractivity contribution is 7.91. The second-order valence-electron chi connectivity index (χ2n) is 3.75. The number of hydrogen-bond acceptors (Lipinski definition) is 3. The summed E-state index contributed by atoms with van der Waals surface area (Å²) in [4.78, 5) is 0. The molecule has 5 nitrogen and oxygen atoms in total.